The summed E-state index contributed by atoms with van der Waals surface area (Å²) < 4.78 is 281. The monoisotopic (exact) mass is 676 g/mol. The van der Waals surface area contributed by atoms with Gasteiger partial charge in [0.15, 0.2) is 0 Å². The van der Waals surface area contributed by atoms with Gasteiger partial charge in [-0.1, -0.05) is 163 Å². The molecule has 0 fully saturated rings. The number of hydrogen-bond donors (Lipinski definition) is 0. The summed E-state index contributed by atoms with van der Waals surface area (Å²) in [6.45, 7) is 0. The van der Waals surface area contributed by atoms with Crippen LogP contribution in [-0.4, -0.2) is 0 Å². The Morgan fingerprint density at radius 1 is 0.333 bits per heavy atom. The van der Waals surface area contributed by atoms with Crippen LogP contribution in [0, 0.1) is 0 Å². The van der Waals surface area contributed by atoms with E-state index in [9.17, 15) is 20.6 Å². The Hall–Kier alpha value is -6.70. The van der Waals surface area contributed by atoms with E-state index in [0.717, 1.165) is 0 Å². The van der Waals surface area contributed by atoms with Crippen LogP contribution in [0.5, 0.6) is 0 Å². The molecule has 0 unspecified atom stereocenters. The van der Waals surface area contributed by atoms with Crippen LogP contribution in [0.4, 0.5) is 0 Å². The van der Waals surface area contributed by atoms with Crippen LogP contribution in [0.15, 0.2) is 186 Å². The fourth-order valence-corrected chi connectivity index (χ4v) is 6.53. The fourth-order valence-electron chi connectivity index (χ4n) is 6.53. The van der Waals surface area contributed by atoms with E-state index in [-0.39, 0.29) is 0 Å². The summed E-state index contributed by atoms with van der Waals surface area (Å²) in [6.07, 6.45) is 0. The van der Waals surface area contributed by atoms with E-state index in [4.69, 9.17) is 25.0 Å². The molecule has 11 rings (SSSR count). The van der Waals surface area contributed by atoms with E-state index in [1.54, 1.807) is 0 Å². The van der Waals surface area contributed by atoms with Gasteiger partial charge in [-0.05, 0) is 100.0 Å². The highest BCUT2D eigenvalue weighted by Crippen LogP contribution is 2.50. The van der Waals surface area contributed by atoms with E-state index in [1.807, 2.05) is 0 Å². The molecule has 0 N–H and O–H groups in total. The molecule has 1 heterocycles. The standard InChI is InChI=1S/C50H30O/c1-2-15-34-30-35(25-24-31(34)12-1)46-38-18-7-9-20-40(38)48(41-21-10-8-19-39(41)46)43-28-26-32-13-3-5-16-36(32)47(43)42-22-11-23-45-49(42)44-29-27-33-14-4-6-17-37(33)50(44)51-45/h1-30H/i1D,2D,3D,4D,5D,6D,7D,8D,9D,10D,11D,12D,13D,14D,15D,16D,17D,18D,19D,20D,21D,22D,23D,24D,25D,26D,27D,28D,29D,30D. The molecular formula is C50H30O. The van der Waals surface area contributed by atoms with Gasteiger partial charge in [-0.15, -0.1) is 0 Å². The fraction of sp³-hybridized carbons (Fsp3) is 0. The lowest BCUT2D eigenvalue weighted by Crippen LogP contribution is -1.94. The topological polar surface area (TPSA) is 13.1 Å². The van der Waals surface area contributed by atoms with Gasteiger partial charge in [-0.2, -0.15) is 0 Å². The third-order valence-electron chi connectivity index (χ3n) is 8.62. The first kappa shape index (κ1) is 11.7. The van der Waals surface area contributed by atoms with E-state index >= 15 is 0 Å². The van der Waals surface area contributed by atoms with Crippen LogP contribution in [-0.2, 0) is 0 Å². The van der Waals surface area contributed by atoms with Crippen LogP contribution in [0.1, 0.15) is 41.1 Å². The van der Waals surface area contributed by atoms with Crippen molar-refractivity contribution in [1.82, 2.24) is 0 Å². The molecular weight excluding hydrogens is 617 g/mol. The van der Waals surface area contributed by atoms with Crippen molar-refractivity contribution in [1.29, 1.82) is 0 Å². The predicted octanol–water partition coefficient (Wildman–Crippen LogP) is 14.4. The second-order valence-corrected chi connectivity index (χ2v) is 11.3. The summed E-state index contributed by atoms with van der Waals surface area (Å²) in [5, 5.41) is -8.53. The Morgan fingerprint density at radius 3 is 1.61 bits per heavy atom. The van der Waals surface area contributed by atoms with Crippen molar-refractivity contribution in [2.75, 3.05) is 0 Å². The van der Waals surface area contributed by atoms with Crippen LogP contribution < -0.4 is 0 Å². The van der Waals surface area contributed by atoms with Gasteiger partial charge in [0.2, 0.25) is 0 Å². The number of furan rings is 1. The minimum absolute atomic E-state index is 0.520. The second-order valence-electron chi connectivity index (χ2n) is 11.3. The van der Waals surface area contributed by atoms with Gasteiger partial charge in [0.1, 0.15) is 11.2 Å². The third kappa shape index (κ3) is 4.16. The lowest BCUT2D eigenvalue weighted by atomic mass is 9.81. The molecule has 1 aromatic heterocycles. The molecule has 0 atom stereocenters. The van der Waals surface area contributed by atoms with Gasteiger partial charge in [-0.3, -0.25) is 0 Å². The van der Waals surface area contributed by atoms with Gasteiger partial charge in [0, 0.05) is 16.2 Å². The predicted molar refractivity (Wildman–Crippen MR) is 218 cm³/mol. The molecule has 0 saturated carbocycles. The first-order chi connectivity index (χ1) is 37.8. The van der Waals surface area contributed by atoms with Gasteiger partial charge in [-0.25, -0.2) is 0 Å². The molecule has 0 aliphatic carbocycles. The molecule has 1 nitrogen and oxygen atoms in total. The minimum atomic E-state index is -1.15. The number of hydrogen-bond acceptors (Lipinski definition) is 1. The molecule has 10 aromatic carbocycles. The summed E-state index contributed by atoms with van der Waals surface area (Å²) in [5.74, 6) is 0. The first-order valence-corrected chi connectivity index (χ1v) is 15.2. The molecule has 0 amide bonds. The number of fused-ring (bicyclic) bond motifs is 9. The van der Waals surface area contributed by atoms with Crippen LogP contribution in [0.25, 0.3) is 109 Å². The molecule has 11 aromatic rings. The molecule has 0 aliphatic rings. The lowest BCUT2D eigenvalue weighted by Gasteiger charge is -2.21. The summed E-state index contributed by atoms with van der Waals surface area (Å²) in [4.78, 5) is 0. The molecule has 0 saturated heterocycles. The van der Waals surface area contributed by atoms with Gasteiger partial charge < -0.3 is 4.42 Å². The summed E-state index contributed by atoms with van der Waals surface area (Å²) in [7, 11) is 0. The normalized spacial score (nSPS) is 20.2. The van der Waals surface area contributed by atoms with Crippen molar-refractivity contribution in [3.05, 3.63) is 181 Å². The molecule has 51 heavy (non-hydrogen) atoms. The van der Waals surface area contributed by atoms with Crippen molar-refractivity contribution >= 4 is 75.8 Å². The van der Waals surface area contributed by atoms with Gasteiger partial charge >= 0.3 is 0 Å². The van der Waals surface area contributed by atoms with E-state index in [1.165, 1.54) is 0 Å². The third-order valence-corrected chi connectivity index (χ3v) is 8.62. The van der Waals surface area contributed by atoms with Crippen LogP contribution in [0.2, 0.25) is 0 Å². The Bertz CT molecular complexity index is 4850. The highest BCUT2D eigenvalue weighted by molar-refractivity contribution is 6.26. The molecule has 0 aliphatic heterocycles. The Balaban J connectivity index is 1.53. The molecule has 0 spiro atoms. The van der Waals surface area contributed by atoms with E-state index in [2.05, 4.69) is 0 Å². The average molecular weight is 677 g/mol. The highest BCUT2D eigenvalue weighted by atomic mass is 16.3. The van der Waals surface area contributed by atoms with Crippen LogP contribution >= 0.6 is 0 Å². The maximum atomic E-state index is 10.1. The molecule has 236 valence electrons. The first-order valence-electron chi connectivity index (χ1n) is 30.2. The smallest absolute Gasteiger partial charge is 0.143 e. The largest absolute Gasteiger partial charge is 0.455 e. The molecule has 1 heteroatoms. The quantitative estimate of drug-likeness (QED) is 0.170. The average Bonchev–Trinajstić information content (AvgIpc) is 4.10. The van der Waals surface area contributed by atoms with Crippen molar-refractivity contribution in [2.24, 2.45) is 0 Å². The number of benzene rings is 10. The van der Waals surface area contributed by atoms with Gasteiger partial charge in [0.05, 0.1) is 41.1 Å². The zero-order valence-electron chi connectivity index (χ0n) is 55.4. The minimum Gasteiger partial charge on any atom is -0.455 e. The maximum absolute atomic E-state index is 10.1. The van der Waals surface area contributed by atoms with E-state index in [0.29, 0.717) is 0 Å². The Morgan fingerprint density at radius 2 is 0.882 bits per heavy atom. The molecule has 0 radical (unpaired) electrons. The zero-order chi connectivity index (χ0) is 59.6. The van der Waals surface area contributed by atoms with Crippen molar-refractivity contribution < 1.29 is 45.5 Å². The lowest BCUT2D eigenvalue weighted by molar-refractivity contribution is 0.673. The molecule has 0 bridgehead atoms. The van der Waals surface area contributed by atoms with Crippen LogP contribution in [0.3, 0.4) is 0 Å². The summed E-state index contributed by atoms with van der Waals surface area (Å²) in [5.41, 5.74) is -6.46. The van der Waals surface area contributed by atoms with Gasteiger partial charge in [0.25, 0.3) is 0 Å². The van der Waals surface area contributed by atoms with E-state index < -0.39 is 290 Å². The second kappa shape index (κ2) is 10.9. The van der Waals surface area contributed by atoms with Crippen molar-refractivity contribution in [3.63, 3.8) is 0 Å². The SMILES string of the molecule is [2H]c1c([2H])c(-c2c(-c3c4c([2H])c([2H])c([2H])c([2H])c4c(-c4c([2H])c([2H])c5c([2H])c([2H])c([2H])c([2H])c5c4[2H])c4c([2H])c([2H])c([2H])c([2H])c34)c([2H])c([2H])c3c([2H])c([2H])c([2H])c([2H])c23)c2c(oc3c4c([2H])c([2H])c([2H])c([2H])c4c([2H])c([2H])c32)c1[2H]. The Kier molecular flexibility index (Phi) is 2.50. The highest BCUT2D eigenvalue weighted by Gasteiger charge is 2.23. The Labute approximate surface area is 336 Å². The zero-order valence-corrected chi connectivity index (χ0v) is 25.4. The summed E-state index contributed by atoms with van der Waals surface area (Å²) in [6, 6.07) is -29.3. The van der Waals surface area contributed by atoms with Crippen molar-refractivity contribution in [2.45, 2.75) is 0 Å². The number of rotatable bonds is 3. The summed E-state index contributed by atoms with van der Waals surface area (Å²) >= 11 is 0. The maximum Gasteiger partial charge on any atom is 0.143 e. The van der Waals surface area contributed by atoms with Crippen molar-refractivity contribution in [3.8, 4) is 33.4 Å².